The highest BCUT2D eigenvalue weighted by Gasteiger charge is 2.62. The van der Waals surface area contributed by atoms with Crippen LogP contribution in [0.15, 0.2) is 46.6 Å². The molecule has 17 atom stereocenters. The van der Waals surface area contributed by atoms with E-state index in [9.17, 15) is 40.5 Å². The van der Waals surface area contributed by atoms with E-state index in [2.05, 4.69) is 0 Å². The van der Waals surface area contributed by atoms with Crippen LogP contribution in [0.25, 0.3) is 0 Å². The molecule has 4 rings (SSSR count). The number of hydrogen-bond donors (Lipinski definition) is 7. The number of allylic oxidation sites excluding steroid dienone is 2. The van der Waals surface area contributed by atoms with Gasteiger partial charge in [-0.05, 0) is 110 Å². The molecule has 0 bridgehead atoms. The van der Waals surface area contributed by atoms with Crippen molar-refractivity contribution in [1.29, 1.82) is 0 Å². The van der Waals surface area contributed by atoms with Crippen molar-refractivity contribution in [3.63, 3.8) is 0 Å². The summed E-state index contributed by atoms with van der Waals surface area (Å²) in [7, 11) is 0. The molecule has 2 saturated heterocycles. The Morgan fingerprint density at radius 2 is 1.41 bits per heavy atom. The molecule has 0 radical (unpaired) electrons. The third-order valence-electron chi connectivity index (χ3n) is 12.7. The summed E-state index contributed by atoms with van der Waals surface area (Å²) in [4.78, 5) is 14.4. The maximum absolute atomic E-state index is 14.4. The highest BCUT2D eigenvalue weighted by atomic mass is 16.7. The van der Waals surface area contributed by atoms with E-state index in [1.165, 1.54) is 6.92 Å². The Labute approximate surface area is 321 Å². The number of ketones is 1. The number of ether oxygens (including phenoxy) is 4. The van der Waals surface area contributed by atoms with Crippen LogP contribution in [-0.4, -0.2) is 121 Å². The van der Waals surface area contributed by atoms with Crippen LogP contribution in [0, 0.1) is 23.2 Å². The van der Waals surface area contributed by atoms with E-state index in [1.54, 1.807) is 13.0 Å². The third kappa shape index (κ3) is 9.48. The zero-order valence-corrected chi connectivity index (χ0v) is 33.9. The molecule has 2 saturated carbocycles. The molecule has 2 unspecified atom stereocenters. The molecule has 2 aliphatic heterocycles. The van der Waals surface area contributed by atoms with Gasteiger partial charge in [0.25, 0.3) is 0 Å². The van der Waals surface area contributed by atoms with E-state index in [4.69, 9.17) is 18.9 Å². The Hall–Kier alpha value is -1.81. The van der Waals surface area contributed by atoms with Gasteiger partial charge in [0.1, 0.15) is 42.4 Å². The normalized spacial score (nSPS) is 43.0. The van der Waals surface area contributed by atoms with E-state index in [0.717, 1.165) is 36.0 Å². The highest BCUT2D eigenvalue weighted by Crippen LogP contribution is 2.58. The van der Waals surface area contributed by atoms with Gasteiger partial charge < -0.3 is 54.7 Å². The zero-order chi connectivity index (χ0) is 40.4. The first-order chi connectivity index (χ1) is 25.1. The monoisotopic (exact) mass is 764 g/mol. The quantitative estimate of drug-likeness (QED) is 0.134. The van der Waals surface area contributed by atoms with Crippen molar-refractivity contribution in [3.8, 4) is 0 Å². The van der Waals surface area contributed by atoms with Gasteiger partial charge in [-0.2, -0.15) is 0 Å². The minimum absolute atomic E-state index is 0.00697. The first-order valence-electron chi connectivity index (χ1n) is 19.7. The summed E-state index contributed by atoms with van der Waals surface area (Å²) in [6.45, 7) is 18.7. The number of carbonyl (C=O) groups is 1. The lowest BCUT2D eigenvalue weighted by molar-refractivity contribution is -0.354. The lowest BCUT2D eigenvalue weighted by Gasteiger charge is -2.52. The number of fused-ring (bicyclic) bond motifs is 1. The Bertz CT molecular complexity index is 1420. The van der Waals surface area contributed by atoms with Gasteiger partial charge >= 0.3 is 0 Å². The second kappa shape index (κ2) is 18.2. The standard InChI is InChI=1S/C42H68O12/c1-21(2)13-15-30(43)24(6)20-29-38(49)41(10)18-11-12-28(41)25(7)42(29,50)19-17-23(5)31(16-14-22(3)4)53-39-36(48)34(46)37(27(9)52-39)54-40-35(47)33(45)32(44)26(8)51-40/h13-14,17,20,25-37,39-40,43-48,50H,11-12,15-16,18-19H2,1-10H3/b23-17+,24-20+/t25-,26+,27-,28+,29+,30?,31?,32+,33-,34-,35-,36-,37+,39+,40+,41+,42-/m1/s1. The molecule has 7 N–H and O–H groups in total. The van der Waals surface area contributed by atoms with Crippen molar-refractivity contribution in [2.24, 2.45) is 23.2 Å². The third-order valence-corrected chi connectivity index (χ3v) is 12.7. The first-order valence-corrected chi connectivity index (χ1v) is 19.7. The molecule has 4 fully saturated rings. The van der Waals surface area contributed by atoms with Crippen LogP contribution in [0.5, 0.6) is 0 Å². The average Bonchev–Trinajstić information content (AvgIpc) is 3.52. The van der Waals surface area contributed by atoms with Gasteiger partial charge in [0.2, 0.25) is 0 Å². The van der Waals surface area contributed by atoms with Gasteiger partial charge in [-0.3, -0.25) is 4.79 Å². The number of aliphatic hydroxyl groups excluding tert-OH is 6. The Balaban J connectivity index is 1.58. The fourth-order valence-corrected chi connectivity index (χ4v) is 8.85. The Kier molecular flexibility index (Phi) is 15.1. The number of hydrogen-bond acceptors (Lipinski definition) is 12. The van der Waals surface area contributed by atoms with Crippen molar-refractivity contribution < 1.29 is 59.5 Å². The molecule has 308 valence electrons. The minimum atomic E-state index is -1.60. The number of carbonyl (C=O) groups excluding carboxylic acids is 1. The second-order valence-electron chi connectivity index (χ2n) is 17.2. The predicted molar refractivity (Wildman–Crippen MR) is 203 cm³/mol. The zero-order valence-electron chi connectivity index (χ0n) is 33.9. The van der Waals surface area contributed by atoms with Gasteiger partial charge in [0, 0.05) is 5.41 Å². The summed E-state index contributed by atoms with van der Waals surface area (Å²) < 4.78 is 23.8. The van der Waals surface area contributed by atoms with Crippen LogP contribution in [0.3, 0.4) is 0 Å². The molecule has 0 amide bonds. The summed E-state index contributed by atoms with van der Waals surface area (Å²) in [5.41, 5.74) is 1.51. The molecule has 0 spiro atoms. The van der Waals surface area contributed by atoms with Crippen molar-refractivity contribution in [2.75, 3.05) is 0 Å². The van der Waals surface area contributed by atoms with Gasteiger partial charge in [-0.1, -0.05) is 55.7 Å². The maximum atomic E-state index is 14.4. The Morgan fingerprint density at radius 1 is 0.815 bits per heavy atom. The van der Waals surface area contributed by atoms with E-state index in [1.807, 2.05) is 73.6 Å². The van der Waals surface area contributed by atoms with E-state index in [-0.39, 0.29) is 24.0 Å². The van der Waals surface area contributed by atoms with E-state index < -0.39 is 90.6 Å². The van der Waals surface area contributed by atoms with Crippen LogP contribution in [0.2, 0.25) is 0 Å². The van der Waals surface area contributed by atoms with Crippen LogP contribution in [0.1, 0.15) is 108 Å². The number of rotatable bonds is 13. The van der Waals surface area contributed by atoms with Crippen molar-refractivity contribution >= 4 is 5.78 Å². The smallest absolute Gasteiger partial charge is 0.187 e. The molecule has 0 aromatic carbocycles. The molecule has 0 aromatic heterocycles. The number of Topliss-reactive ketones (excluding diaryl/α,β-unsaturated/α-hetero) is 1. The molecular weight excluding hydrogens is 696 g/mol. The van der Waals surface area contributed by atoms with Crippen molar-refractivity contribution in [2.45, 2.75) is 187 Å². The SMILES string of the molecule is CC(C)=CCC(O)/C(C)=C/[C@H]1C(=O)[C@@]2(C)CCC[C@H]2[C@@H](C)[C@]1(O)C/C=C(\C)C(CC=C(C)C)O[C@@H]1O[C@H](C)[C@H](O[C@@H]2O[C@@H](C)[C@H](O)[C@@H](O)[C@H]2O)[C@H](O)[C@H]1O. The second-order valence-corrected chi connectivity index (χ2v) is 17.2. The molecule has 0 aromatic rings. The summed E-state index contributed by atoms with van der Waals surface area (Å²) >= 11 is 0. The minimum Gasteiger partial charge on any atom is -0.388 e. The number of aliphatic hydroxyl groups is 7. The molecule has 12 heteroatoms. The van der Waals surface area contributed by atoms with Crippen LogP contribution in [0.4, 0.5) is 0 Å². The summed E-state index contributed by atoms with van der Waals surface area (Å²) in [6.07, 6.45) is -3.42. The maximum Gasteiger partial charge on any atom is 0.187 e. The highest BCUT2D eigenvalue weighted by molar-refractivity contribution is 5.91. The van der Waals surface area contributed by atoms with Gasteiger partial charge in [0.15, 0.2) is 12.6 Å². The fraction of sp³-hybridized carbons (Fsp3) is 0.786. The summed E-state index contributed by atoms with van der Waals surface area (Å²) in [5.74, 6) is -1.02. The molecule has 54 heavy (non-hydrogen) atoms. The first kappa shape index (κ1) is 44.9. The molecule has 2 aliphatic carbocycles. The van der Waals surface area contributed by atoms with E-state index >= 15 is 0 Å². The molecular formula is C42H68O12. The molecule has 4 aliphatic rings. The van der Waals surface area contributed by atoms with Gasteiger partial charge in [-0.15, -0.1) is 0 Å². The fourth-order valence-electron chi connectivity index (χ4n) is 8.85. The predicted octanol–water partition coefficient (Wildman–Crippen LogP) is 3.78. The Morgan fingerprint density at radius 3 is 2.04 bits per heavy atom. The molecule has 12 nitrogen and oxygen atoms in total. The van der Waals surface area contributed by atoms with E-state index in [0.29, 0.717) is 18.4 Å². The topological polar surface area (TPSA) is 196 Å². The lowest BCUT2D eigenvalue weighted by Crippen LogP contribution is -2.63. The summed E-state index contributed by atoms with van der Waals surface area (Å²) in [5, 5.41) is 76.9. The average molecular weight is 765 g/mol. The van der Waals surface area contributed by atoms with Crippen molar-refractivity contribution in [3.05, 3.63) is 46.6 Å². The van der Waals surface area contributed by atoms with Crippen LogP contribution >= 0.6 is 0 Å². The van der Waals surface area contributed by atoms with Gasteiger partial charge in [0.05, 0.1) is 35.9 Å². The van der Waals surface area contributed by atoms with Crippen molar-refractivity contribution in [1.82, 2.24) is 0 Å². The molecule has 2 heterocycles. The lowest BCUT2D eigenvalue weighted by atomic mass is 9.53. The van der Waals surface area contributed by atoms with Crippen LogP contribution in [-0.2, 0) is 23.7 Å². The van der Waals surface area contributed by atoms with Gasteiger partial charge in [-0.25, -0.2) is 0 Å². The largest absolute Gasteiger partial charge is 0.388 e. The summed E-state index contributed by atoms with van der Waals surface area (Å²) in [6, 6.07) is 0. The van der Waals surface area contributed by atoms with Crippen LogP contribution < -0.4 is 0 Å².